The molecule has 0 bridgehead atoms. The third-order valence-corrected chi connectivity index (χ3v) is 6.32. The fourth-order valence-corrected chi connectivity index (χ4v) is 4.64. The van der Waals surface area contributed by atoms with Crippen molar-refractivity contribution in [3.05, 3.63) is 100 Å². The van der Waals surface area contributed by atoms with Crippen LogP contribution < -0.4 is 14.4 Å². The number of carbonyl (C=O) groups is 2. The smallest absolute Gasteiger partial charge is 0.294 e. The first-order chi connectivity index (χ1) is 17.9. The molecule has 1 atom stereocenters. The molecule has 1 N–H and O–H groups in total. The third kappa shape index (κ3) is 4.54. The van der Waals surface area contributed by atoms with Crippen molar-refractivity contribution in [2.24, 2.45) is 0 Å². The largest absolute Gasteiger partial charge is 0.503 e. The van der Waals surface area contributed by atoms with Crippen LogP contribution in [0.4, 0.5) is 5.69 Å². The Morgan fingerprint density at radius 3 is 2.19 bits per heavy atom. The van der Waals surface area contributed by atoms with Gasteiger partial charge in [0.1, 0.15) is 17.1 Å². The Labute approximate surface area is 218 Å². The van der Waals surface area contributed by atoms with Crippen LogP contribution in [0.5, 0.6) is 11.5 Å². The second-order valence-electron chi connectivity index (χ2n) is 8.39. The summed E-state index contributed by atoms with van der Waals surface area (Å²) in [6.45, 7) is 4.77. The highest BCUT2D eigenvalue weighted by molar-refractivity contribution is 6.31. The van der Waals surface area contributed by atoms with Crippen LogP contribution in [0, 0.1) is 0 Å². The highest BCUT2D eigenvalue weighted by atomic mass is 35.5. The van der Waals surface area contributed by atoms with Crippen molar-refractivity contribution in [3.63, 3.8) is 0 Å². The maximum absolute atomic E-state index is 13.8. The number of hydrogen-bond donors (Lipinski definition) is 1. The number of amides is 1. The van der Waals surface area contributed by atoms with Crippen LogP contribution in [0.1, 0.15) is 36.0 Å². The van der Waals surface area contributed by atoms with Gasteiger partial charge in [-0.1, -0.05) is 23.7 Å². The summed E-state index contributed by atoms with van der Waals surface area (Å²) < 4.78 is 16.9. The number of hydrogen-bond acceptors (Lipinski definition) is 6. The van der Waals surface area contributed by atoms with E-state index in [1.165, 1.54) is 4.90 Å². The molecular formula is C29H24ClNO6. The van der Waals surface area contributed by atoms with Gasteiger partial charge in [0.15, 0.2) is 11.5 Å². The Balaban J connectivity index is 1.60. The zero-order chi connectivity index (χ0) is 26.1. The number of rotatable bonds is 8. The van der Waals surface area contributed by atoms with E-state index >= 15 is 0 Å². The van der Waals surface area contributed by atoms with Gasteiger partial charge in [-0.2, -0.15) is 0 Å². The van der Waals surface area contributed by atoms with E-state index in [0.717, 1.165) is 0 Å². The lowest BCUT2D eigenvalue weighted by Gasteiger charge is -2.27. The average molecular weight is 518 g/mol. The maximum Gasteiger partial charge on any atom is 0.294 e. The molecule has 188 valence electrons. The molecule has 0 radical (unpaired) electrons. The molecule has 2 heterocycles. The number of furan rings is 1. The first-order valence-corrected chi connectivity index (χ1v) is 12.2. The van der Waals surface area contributed by atoms with E-state index in [0.29, 0.717) is 52.0 Å². The van der Waals surface area contributed by atoms with Crippen LogP contribution in [0.15, 0.2) is 88.5 Å². The number of aliphatic hydroxyl groups is 1. The molecule has 0 saturated carbocycles. The highest BCUT2D eigenvalue weighted by Gasteiger charge is 2.45. The van der Waals surface area contributed by atoms with Gasteiger partial charge < -0.3 is 19.0 Å². The van der Waals surface area contributed by atoms with Crippen molar-refractivity contribution in [1.82, 2.24) is 0 Å². The van der Waals surface area contributed by atoms with Crippen molar-refractivity contribution in [2.75, 3.05) is 18.1 Å². The number of ketones is 1. The predicted octanol–water partition coefficient (Wildman–Crippen LogP) is 6.67. The summed E-state index contributed by atoms with van der Waals surface area (Å²) in [5, 5.41) is 12.1. The van der Waals surface area contributed by atoms with Gasteiger partial charge in [-0.15, -0.1) is 0 Å². The van der Waals surface area contributed by atoms with E-state index in [1.54, 1.807) is 72.8 Å². The lowest BCUT2D eigenvalue weighted by Crippen LogP contribution is -2.31. The Hall–Kier alpha value is -4.23. The number of anilines is 1. The molecular weight excluding hydrogens is 494 g/mol. The fourth-order valence-electron chi connectivity index (χ4n) is 4.46. The Morgan fingerprint density at radius 2 is 1.57 bits per heavy atom. The van der Waals surface area contributed by atoms with Gasteiger partial charge in [-0.3, -0.25) is 14.5 Å². The molecule has 1 amide bonds. The summed E-state index contributed by atoms with van der Waals surface area (Å²) in [6, 6.07) is 19.7. The molecule has 1 aliphatic rings. The van der Waals surface area contributed by atoms with E-state index in [2.05, 4.69) is 0 Å². The summed E-state index contributed by atoms with van der Waals surface area (Å²) in [4.78, 5) is 28.5. The number of Topliss-reactive ketones (excluding diaryl/α,β-unsaturated/α-hetero) is 1. The lowest BCUT2D eigenvalue weighted by atomic mass is 9.94. The maximum atomic E-state index is 13.8. The number of carbonyl (C=O) groups excluding carboxylic acids is 2. The quantitative estimate of drug-likeness (QED) is 0.263. The van der Waals surface area contributed by atoms with E-state index in [4.69, 9.17) is 25.5 Å². The lowest BCUT2D eigenvalue weighted by molar-refractivity contribution is -0.117. The summed E-state index contributed by atoms with van der Waals surface area (Å²) in [6.07, 6.45) is 0. The van der Waals surface area contributed by atoms with Gasteiger partial charge in [-0.25, -0.2) is 0 Å². The molecule has 37 heavy (non-hydrogen) atoms. The van der Waals surface area contributed by atoms with Gasteiger partial charge in [0.25, 0.3) is 5.91 Å². The van der Waals surface area contributed by atoms with Crippen molar-refractivity contribution in [3.8, 4) is 11.5 Å². The van der Waals surface area contributed by atoms with Crippen molar-refractivity contribution in [1.29, 1.82) is 0 Å². The van der Waals surface area contributed by atoms with Crippen molar-refractivity contribution >= 4 is 39.9 Å². The topological polar surface area (TPSA) is 89.2 Å². The number of benzene rings is 3. The number of ether oxygens (including phenoxy) is 2. The summed E-state index contributed by atoms with van der Waals surface area (Å²) in [7, 11) is 0. The summed E-state index contributed by atoms with van der Waals surface area (Å²) in [5.41, 5.74) is 1.52. The standard InChI is InChI=1S/C29H24ClNO6/c1-3-35-21-10-5-17(6-11-21)26-25(27(32)24-16-18-15-19(30)7-14-23(18)37-24)28(33)29(34)31(26)20-8-12-22(13-9-20)36-4-2/h5-16,26,33H,3-4H2,1-2H3. The Morgan fingerprint density at radius 1 is 0.946 bits per heavy atom. The molecule has 4 aromatic rings. The average Bonchev–Trinajstić information content (AvgIpc) is 3.43. The van der Waals surface area contributed by atoms with Crippen LogP contribution in [0.25, 0.3) is 11.0 Å². The van der Waals surface area contributed by atoms with Crippen LogP contribution in [-0.4, -0.2) is 30.0 Å². The molecule has 5 rings (SSSR count). The minimum atomic E-state index is -0.898. The minimum Gasteiger partial charge on any atom is -0.503 e. The predicted molar refractivity (Wildman–Crippen MR) is 141 cm³/mol. The Bertz CT molecular complexity index is 1500. The SMILES string of the molecule is CCOc1ccc(C2C(C(=O)c3cc4cc(Cl)ccc4o3)=C(O)C(=O)N2c2ccc(OCC)cc2)cc1. The molecule has 1 aliphatic heterocycles. The monoisotopic (exact) mass is 517 g/mol. The first kappa shape index (κ1) is 24.5. The molecule has 0 aliphatic carbocycles. The van der Waals surface area contributed by atoms with Crippen LogP contribution in [0.2, 0.25) is 5.02 Å². The number of fused-ring (bicyclic) bond motifs is 1. The third-order valence-electron chi connectivity index (χ3n) is 6.09. The van der Waals surface area contributed by atoms with Crippen LogP contribution in [0.3, 0.4) is 0 Å². The first-order valence-electron chi connectivity index (χ1n) is 11.9. The van der Waals surface area contributed by atoms with Crippen molar-refractivity contribution in [2.45, 2.75) is 19.9 Å². The normalized spacial score (nSPS) is 15.5. The zero-order valence-corrected chi connectivity index (χ0v) is 21.0. The number of aliphatic hydroxyl groups excluding tert-OH is 1. The second-order valence-corrected chi connectivity index (χ2v) is 8.83. The van der Waals surface area contributed by atoms with Gasteiger partial charge in [0.2, 0.25) is 5.78 Å². The molecule has 0 fully saturated rings. The molecule has 1 aromatic heterocycles. The van der Waals surface area contributed by atoms with Crippen molar-refractivity contribution < 1.29 is 28.6 Å². The Kier molecular flexibility index (Phi) is 6.63. The molecule has 8 heteroatoms. The highest BCUT2D eigenvalue weighted by Crippen LogP contribution is 2.43. The molecule has 0 saturated heterocycles. The van der Waals surface area contributed by atoms with Gasteiger partial charge >= 0.3 is 0 Å². The van der Waals surface area contributed by atoms with Gasteiger partial charge in [0.05, 0.1) is 24.8 Å². The summed E-state index contributed by atoms with van der Waals surface area (Å²) in [5.74, 6) is -0.619. The number of halogens is 1. The van der Waals surface area contributed by atoms with Crippen LogP contribution in [-0.2, 0) is 4.79 Å². The van der Waals surface area contributed by atoms with E-state index in [-0.39, 0.29) is 11.3 Å². The molecule has 7 nitrogen and oxygen atoms in total. The second kappa shape index (κ2) is 10.0. The molecule has 0 spiro atoms. The number of nitrogens with zero attached hydrogens (tertiary/aromatic N) is 1. The summed E-state index contributed by atoms with van der Waals surface area (Å²) >= 11 is 6.09. The van der Waals surface area contributed by atoms with Gasteiger partial charge in [0, 0.05) is 16.1 Å². The molecule has 1 unspecified atom stereocenters. The molecule has 3 aromatic carbocycles. The fraction of sp³-hybridized carbons (Fsp3) is 0.172. The minimum absolute atomic E-state index is 0.00361. The van der Waals surface area contributed by atoms with E-state index in [9.17, 15) is 14.7 Å². The van der Waals surface area contributed by atoms with E-state index in [1.807, 2.05) is 13.8 Å². The zero-order valence-electron chi connectivity index (χ0n) is 20.2. The van der Waals surface area contributed by atoms with Gasteiger partial charge in [-0.05, 0) is 80.1 Å². The van der Waals surface area contributed by atoms with E-state index < -0.39 is 23.5 Å². The van der Waals surface area contributed by atoms with Crippen LogP contribution >= 0.6 is 11.6 Å².